The van der Waals surface area contributed by atoms with Crippen LogP contribution in [0.3, 0.4) is 0 Å². The van der Waals surface area contributed by atoms with Crippen molar-refractivity contribution in [2.75, 3.05) is 26.0 Å². The second-order valence-corrected chi connectivity index (χ2v) is 6.51. The van der Waals surface area contributed by atoms with Crippen molar-refractivity contribution in [3.63, 3.8) is 0 Å². The van der Waals surface area contributed by atoms with Crippen molar-refractivity contribution < 1.29 is 9.53 Å². The number of halogens is 1. The van der Waals surface area contributed by atoms with Crippen LogP contribution in [0.2, 0.25) is 5.02 Å². The quantitative estimate of drug-likeness (QED) is 0.676. The number of carbonyl (C=O) groups excluding carboxylic acids is 1. The number of hydrogen-bond donors (Lipinski definition) is 1. The Morgan fingerprint density at radius 3 is 2.89 bits per heavy atom. The summed E-state index contributed by atoms with van der Waals surface area (Å²) < 4.78 is 6.81. The highest BCUT2D eigenvalue weighted by molar-refractivity contribution is 6.31. The van der Waals surface area contributed by atoms with E-state index in [0.29, 0.717) is 22.9 Å². The molecule has 0 aliphatic rings. The number of nitrogens with one attached hydrogen (secondary N) is 1. The topological polar surface area (TPSA) is 72.3 Å². The Labute approximate surface area is 162 Å². The molecule has 3 aromatic rings. The first kappa shape index (κ1) is 18.9. The van der Waals surface area contributed by atoms with Gasteiger partial charge in [0.1, 0.15) is 18.4 Å². The Kier molecular flexibility index (Phi) is 6.05. The molecular formula is C19H20ClN5O2. The summed E-state index contributed by atoms with van der Waals surface area (Å²) in [5.41, 5.74) is 2.34. The highest BCUT2D eigenvalue weighted by Crippen LogP contribution is 2.24. The summed E-state index contributed by atoms with van der Waals surface area (Å²) in [5.74, 6) is 0.644. The van der Waals surface area contributed by atoms with Crippen molar-refractivity contribution in [1.82, 2.24) is 19.7 Å². The van der Waals surface area contributed by atoms with Crippen LogP contribution in [-0.4, -0.2) is 46.3 Å². The molecule has 0 fully saturated rings. The Morgan fingerprint density at radius 2 is 2.15 bits per heavy atom. The smallest absolute Gasteiger partial charge is 0.238 e. The minimum Gasteiger partial charge on any atom is -0.497 e. The van der Waals surface area contributed by atoms with Crippen LogP contribution in [0.4, 0.5) is 5.69 Å². The van der Waals surface area contributed by atoms with Gasteiger partial charge in [0.2, 0.25) is 5.91 Å². The third-order valence-electron chi connectivity index (χ3n) is 3.90. The predicted octanol–water partition coefficient (Wildman–Crippen LogP) is 3.00. The lowest BCUT2D eigenvalue weighted by Crippen LogP contribution is -2.30. The van der Waals surface area contributed by atoms with Crippen molar-refractivity contribution in [1.29, 1.82) is 0 Å². The molecule has 3 rings (SSSR count). The maximum absolute atomic E-state index is 12.5. The van der Waals surface area contributed by atoms with Crippen molar-refractivity contribution in [3.05, 3.63) is 65.7 Å². The highest BCUT2D eigenvalue weighted by Gasteiger charge is 2.12. The molecule has 1 N–H and O–H groups in total. The summed E-state index contributed by atoms with van der Waals surface area (Å²) in [4.78, 5) is 18.4. The molecule has 140 valence electrons. The molecule has 1 heterocycles. The van der Waals surface area contributed by atoms with Gasteiger partial charge in [-0.25, -0.2) is 9.67 Å². The molecule has 1 amide bonds. The van der Waals surface area contributed by atoms with Crippen LogP contribution in [0.1, 0.15) is 5.56 Å². The zero-order valence-corrected chi connectivity index (χ0v) is 15.8. The Hall–Kier alpha value is -2.90. The molecule has 0 atom stereocenters. The van der Waals surface area contributed by atoms with E-state index in [9.17, 15) is 4.79 Å². The van der Waals surface area contributed by atoms with Gasteiger partial charge in [-0.3, -0.25) is 9.69 Å². The maximum atomic E-state index is 12.5. The third-order valence-corrected chi connectivity index (χ3v) is 4.13. The number of hydrogen-bond acceptors (Lipinski definition) is 5. The molecule has 0 saturated heterocycles. The number of amides is 1. The van der Waals surface area contributed by atoms with E-state index >= 15 is 0 Å². The molecule has 1 aromatic heterocycles. The minimum atomic E-state index is -0.149. The van der Waals surface area contributed by atoms with Crippen LogP contribution in [0.5, 0.6) is 5.75 Å². The number of carbonyl (C=O) groups is 1. The van der Waals surface area contributed by atoms with E-state index in [4.69, 9.17) is 16.3 Å². The van der Waals surface area contributed by atoms with Crippen LogP contribution < -0.4 is 10.1 Å². The molecule has 0 aliphatic carbocycles. The van der Waals surface area contributed by atoms with Gasteiger partial charge in [0, 0.05) is 11.6 Å². The second-order valence-electron chi connectivity index (χ2n) is 6.07. The van der Waals surface area contributed by atoms with E-state index in [-0.39, 0.29) is 12.5 Å². The first-order valence-electron chi connectivity index (χ1n) is 8.31. The first-order valence-corrected chi connectivity index (χ1v) is 8.69. The van der Waals surface area contributed by atoms with E-state index in [1.54, 1.807) is 36.3 Å². The molecule has 0 spiro atoms. The summed E-state index contributed by atoms with van der Waals surface area (Å²) in [6.45, 7) is 0.844. The predicted molar refractivity (Wildman–Crippen MR) is 104 cm³/mol. The van der Waals surface area contributed by atoms with Crippen LogP contribution in [0, 0.1) is 0 Å². The maximum Gasteiger partial charge on any atom is 0.238 e. The normalized spacial score (nSPS) is 10.8. The number of nitrogens with zero attached hydrogens (tertiary/aromatic N) is 4. The number of aromatic nitrogens is 3. The Balaban J connectivity index is 1.66. The van der Waals surface area contributed by atoms with E-state index in [1.165, 1.54) is 6.33 Å². The van der Waals surface area contributed by atoms with Crippen LogP contribution in [0.25, 0.3) is 5.69 Å². The van der Waals surface area contributed by atoms with E-state index in [0.717, 1.165) is 11.3 Å². The number of likely N-dealkylation sites (N-methyl/N-ethyl adjacent to an activating group) is 1. The lowest BCUT2D eigenvalue weighted by atomic mass is 10.2. The summed E-state index contributed by atoms with van der Waals surface area (Å²) >= 11 is 6.08. The fraction of sp³-hybridized carbons (Fsp3) is 0.211. The minimum absolute atomic E-state index is 0.149. The van der Waals surface area contributed by atoms with Gasteiger partial charge in [-0.05, 0) is 42.9 Å². The average Bonchev–Trinajstić information content (AvgIpc) is 3.16. The molecule has 2 aromatic carbocycles. The molecule has 0 saturated carbocycles. The van der Waals surface area contributed by atoms with Gasteiger partial charge in [-0.15, -0.1) is 0 Å². The summed E-state index contributed by atoms with van der Waals surface area (Å²) in [5, 5.41) is 7.53. The van der Waals surface area contributed by atoms with Gasteiger partial charge in [-0.1, -0.05) is 23.7 Å². The van der Waals surface area contributed by atoms with Crippen LogP contribution >= 0.6 is 11.6 Å². The summed E-state index contributed by atoms with van der Waals surface area (Å²) in [7, 11) is 3.52. The second kappa shape index (κ2) is 8.66. The first-order chi connectivity index (χ1) is 13.0. The van der Waals surface area contributed by atoms with E-state index in [1.807, 2.05) is 36.2 Å². The zero-order valence-electron chi connectivity index (χ0n) is 15.1. The lowest BCUT2D eigenvalue weighted by Gasteiger charge is -2.18. The largest absolute Gasteiger partial charge is 0.497 e. The van der Waals surface area contributed by atoms with Gasteiger partial charge in [0.05, 0.1) is 25.0 Å². The molecule has 7 nitrogen and oxygen atoms in total. The molecule has 0 bridgehead atoms. The van der Waals surface area contributed by atoms with Crippen molar-refractivity contribution in [3.8, 4) is 11.4 Å². The third kappa shape index (κ3) is 5.06. The molecule has 27 heavy (non-hydrogen) atoms. The molecule has 8 heteroatoms. The zero-order chi connectivity index (χ0) is 19.2. The Bertz CT molecular complexity index is 914. The number of anilines is 1. The van der Waals surface area contributed by atoms with Crippen molar-refractivity contribution in [2.24, 2.45) is 0 Å². The van der Waals surface area contributed by atoms with Crippen molar-refractivity contribution >= 4 is 23.2 Å². The van der Waals surface area contributed by atoms with Crippen molar-refractivity contribution in [2.45, 2.75) is 6.54 Å². The summed E-state index contributed by atoms with van der Waals surface area (Å²) in [6.07, 6.45) is 3.00. The highest BCUT2D eigenvalue weighted by atomic mass is 35.5. The lowest BCUT2D eigenvalue weighted by molar-refractivity contribution is -0.117. The fourth-order valence-electron chi connectivity index (χ4n) is 2.71. The Morgan fingerprint density at radius 1 is 1.30 bits per heavy atom. The van der Waals surface area contributed by atoms with Gasteiger partial charge >= 0.3 is 0 Å². The van der Waals surface area contributed by atoms with Crippen LogP contribution in [0.15, 0.2) is 55.1 Å². The summed E-state index contributed by atoms with van der Waals surface area (Å²) in [6, 6.07) is 13.0. The van der Waals surface area contributed by atoms with Gasteiger partial charge in [0.15, 0.2) is 0 Å². The number of methoxy groups -OCH3 is 1. The number of ether oxygens (including phenoxy) is 1. The van der Waals surface area contributed by atoms with Gasteiger partial charge in [-0.2, -0.15) is 5.10 Å². The van der Waals surface area contributed by atoms with E-state index in [2.05, 4.69) is 15.4 Å². The van der Waals surface area contributed by atoms with Crippen LogP contribution in [-0.2, 0) is 11.3 Å². The molecular weight excluding hydrogens is 366 g/mol. The molecule has 0 radical (unpaired) electrons. The fourth-order valence-corrected chi connectivity index (χ4v) is 2.89. The SMILES string of the molecule is COc1cccc(CN(C)CC(=O)Nc2cc(Cl)ccc2-n2cncn2)c1. The van der Waals surface area contributed by atoms with Gasteiger partial charge < -0.3 is 10.1 Å². The van der Waals surface area contributed by atoms with E-state index < -0.39 is 0 Å². The monoisotopic (exact) mass is 385 g/mol. The molecule has 0 aliphatic heterocycles. The number of benzene rings is 2. The van der Waals surface area contributed by atoms with Gasteiger partial charge in [0.25, 0.3) is 0 Å². The number of rotatable bonds is 7. The average molecular weight is 386 g/mol. The standard InChI is InChI=1S/C19H20ClN5O2/c1-24(10-14-4-3-5-16(8-14)27-2)11-19(26)23-17-9-15(20)6-7-18(17)25-13-21-12-22-25/h3-9,12-13H,10-11H2,1-2H3,(H,23,26). The molecule has 0 unspecified atom stereocenters.